The summed E-state index contributed by atoms with van der Waals surface area (Å²) in [5.41, 5.74) is 1.28. The summed E-state index contributed by atoms with van der Waals surface area (Å²) >= 11 is 0. The molecule has 4 heteroatoms. The molecule has 1 amide bonds. The lowest BCUT2D eigenvalue weighted by Crippen LogP contribution is -2.51. The number of piperidine rings is 1. The van der Waals surface area contributed by atoms with Gasteiger partial charge in [0.25, 0.3) is 0 Å². The third kappa shape index (κ3) is 4.29. The van der Waals surface area contributed by atoms with Crippen LogP contribution in [0.2, 0.25) is 0 Å². The van der Waals surface area contributed by atoms with Crippen molar-refractivity contribution in [3.63, 3.8) is 0 Å². The van der Waals surface area contributed by atoms with Crippen molar-refractivity contribution in [2.45, 2.75) is 52.1 Å². The van der Waals surface area contributed by atoms with Crippen LogP contribution >= 0.6 is 0 Å². The van der Waals surface area contributed by atoms with Crippen molar-refractivity contribution < 1.29 is 9.53 Å². The van der Waals surface area contributed by atoms with Crippen molar-refractivity contribution in [2.24, 2.45) is 11.8 Å². The quantitative estimate of drug-likeness (QED) is 0.835. The number of nitrogens with zero attached hydrogens (tertiary/aromatic N) is 1. The molecule has 1 heterocycles. The largest absolute Gasteiger partial charge is 0.494 e. The average Bonchev–Trinajstić information content (AvgIpc) is 3.46. The zero-order valence-corrected chi connectivity index (χ0v) is 15.0. The van der Waals surface area contributed by atoms with Gasteiger partial charge < -0.3 is 15.0 Å². The number of carbonyl (C=O) groups excluding carboxylic acids is 1. The van der Waals surface area contributed by atoms with Gasteiger partial charge in [0.05, 0.1) is 6.61 Å². The van der Waals surface area contributed by atoms with E-state index in [1.54, 1.807) is 0 Å². The zero-order chi connectivity index (χ0) is 16.9. The molecule has 2 atom stereocenters. The number of hydrogen-bond acceptors (Lipinski definition) is 3. The van der Waals surface area contributed by atoms with E-state index in [2.05, 4.69) is 29.3 Å². The Hall–Kier alpha value is -1.55. The molecule has 1 saturated heterocycles. The van der Waals surface area contributed by atoms with Crippen LogP contribution in [0.25, 0.3) is 0 Å². The predicted octanol–water partition coefficient (Wildman–Crippen LogP) is 3.21. The lowest BCUT2D eigenvalue weighted by Gasteiger charge is -2.39. The van der Waals surface area contributed by atoms with Crippen molar-refractivity contribution in [3.8, 4) is 5.75 Å². The summed E-state index contributed by atoms with van der Waals surface area (Å²) in [4.78, 5) is 14.4. The first-order valence-corrected chi connectivity index (χ1v) is 9.45. The summed E-state index contributed by atoms with van der Waals surface area (Å²) in [6.07, 6.45) is 4.39. The van der Waals surface area contributed by atoms with Crippen LogP contribution in [0.3, 0.4) is 0 Å². The molecule has 1 N–H and O–H groups in total. The van der Waals surface area contributed by atoms with Crippen LogP contribution in [0, 0.1) is 11.8 Å². The topological polar surface area (TPSA) is 41.6 Å². The van der Waals surface area contributed by atoms with Gasteiger partial charge in [-0.15, -0.1) is 0 Å². The van der Waals surface area contributed by atoms with E-state index in [4.69, 9.17) is 4.74 Å². The van der Waals surface area contributed by atoms with Crippen molar-refractivity contribution in [2.75, 3.05) is 19.7 Å². The maximum Gasteiger partial charge on any atom is 0.225 e. The SMILES string of the molecule is CCOc1ccc(CN[C@@H]2CCN(C(=O)C3CC3)C[C@@H]2CC)cc1. The molecule has 24 heavy (non-hydrogen) atoms. The fraction of sp³-hybridized carbons (Fsp3) is 0.650. The summed E-state index contributed by atoms with van der Waals surface area (Å²) < 4.78 is 5.49. The first kappa shape index (κ1) is 17.3. The molecule has 1 aromatic rings. The van der Waals surface area contributed by atoms with E-state index in [1.807, 2.05) is 19.1 Å². The van der Waals surface area contributed by atoms with Crippen molar-refractivity contribution in [1.82, 2.24) is 10.2 Å². The molecule has 3 rings (SSSR count). The van der Waals surface area contributed by atoms with E-state index in [-0.39, 0.29) is 0 Å². The number of rotatable bonds is 7. The third-order valence-electron chi connectivity index (χ3n) is 5.30. The Balaban J connectivity index is 1.50. The molecular formula is C20H30N2O2. The van der Waals surface area contributed by atoms with E-state index >= 15 is 0 Å². The van der Waals surface area contributed by atoms with Gasteiger partial charge in [0.2, 0.25) is 5.91 Å². The van der Waals surface area contributed by atoms with Crippen molar-refractivity contribution in [3.05, 3.63) is 29.8 Å². The molecule has 1 aliphatic carbocycles. The second-order valence-corrected chi connectivity index (χ2v) is 7.08. The minimum absolute atomic E-state index is 0.343. The first-order valence-electron chi connectivity index (χ1n) is 9.45. The molecular weight excluding hydrogens is 300 g/mol. The lowest BCUT2D eigenvalue weighted by molar-refractivity contribution is -0.134. The Morgan fingerprint density at radius 2 is 1.96 bits per heavy atom. The van der Waals surface area contributed by atoms with Crippen LogP contribution in [0.15, 0.2) is 24.3 Å². The molecule has 0 unspecified atom stereocenters. The van der Waals surface area contributed by atoms with Gasteiger partial charge in [0.15, 0.2) is 0 Å². The number of benzene rings is 1. The maximum absolute atomic E-state index is 12.3. The van der Waals surface area contributed by atoms with E-state index in [1.165, 1.54) is 5.56 Å². The highest BCUT2D eigenvalue weighted by molar-refractivity contribution is 5.81. The van der Waals surface area contributed by atoms with E-state index < -0.39 is 0 Å². The lowest BCUT2D eigenvalue weighted by atomic mass is 9.89. The van der Waals surface area contributed by atoms with Crippen LogP contribution in [0.4, 0.5) is 0 Å². The molecule has 1 aromatic carbocycles. The fourth-order valence-electron chi connectivity index (χ4n) is 3.62. The average molecular weight is 330 g/mol. The van der Waals surface area contributed by atoms with E-state index in [9.17, 15) is 4.79 Å². The molecule has 1 saturated carbocycles. The Morgan fingerprint density at radius 3 is 2.58 bits per heavy atom. The number of amides is 1. The van der Waals surface area contributed by atoms with Gasteiger partial charge in [-0.05, 0) is 49.8 Å². The summed E-state index contributed by atoms with van der Waals surface area (Å²) in [7, 11) is 0. The summed E-state index contributed by atoms with van der Waals surface area (Å²) in [6.45, 7) is 7.65. The van der Waals surface area contributed by atoms with Crippen LogP contribution in [-0.2, 0) is 11.3 Å². The minimum atomic E-state index is 0.343. The van der Waals surface area contributed by atoms with Crippen LogP contribution in [0.1, 0.15) is 45.1 Å². The van der Waals surface area contributed by atoms with Crippen molar-refractivity contribution in [1.29, 1.82) is 0 Å². The second kappa shape index (κ2) is 8.02. The Labute approximate surface area is 145 Å². The minimum Gasteiger partial charge on any atom is -0.494 e. The Bertz CT molecular complexity index is 539. The summed E-state index contributed by atoms with van der Waals surface area (Å²) in [5, 5.41) is 3.72. The first-order chi connectivity index (χ1) is 11.7. The van der Waals surface area contributed by atoms with Crippen molar-refractivity contribution >= 4 is 5.91 Å². The van der Waals surface area contributed by atoms with Gasteiger partial charge in [0.1, 0.15) is 5.75 Å². The van der Waals surface area contributed by atoms with E-state index in [0.29, 0.717) is 30.4 Å². The van der Waals surface area contributed by atoms with Gasteiger partial charge >= 0.3 is 0 Å². The van der Waals surface area contributed by atoms with Gasteiger partial charge in [0, 0.05) is 31.6 Å². The summed E-state index contributed by atoms with van der Waals surface area (Å²) in [5.74, 6) is 2.23. The van der Waals surface area contributed by atoms with Gasteiger partial charge in [-0.3, -0.25) is 4.79 Å². The molecule has 4 nitrogen and oxygen atoms in total. The second-order valence-electron chi connectivity index (χ2n) is 7.08. The van der Waals surface area contributed by atoms with Crippen LogP contribution in [-0.4, -0.2) is 36.5 Å². The molecule has 132 valence electrons. The standard InChI is InChI=1S/C20H30N2O2/c1-3-16-14-22(20(23)17-7-8-17)12-11-19(16)21-13-15-5-9-18(10-6-15)24-4-2/h5-6,9-10,16-17,19,21H,3-4,7-8,11-14H2,1-2H3/t16-,19+/m0/s1. The molecule has 2 fully saturated rings. The number of carbonyl (C=O) groups is 1. The fourth-order valence-corrected chi connectivity index (χ4v) is 3.62. The zero-order valence-electron chi connectivity index (χ0n) is 15.0. The molecule has 0 bridgehead atoms. The molecule has 2 aliphatic rings. The van der Waals surface area contributed by atoms with Gasteiger partial charge in [-0.2, -0.15) is 0 Å². The number of nitrogens with one attached hydrogen (secondary N) is 1. The maximum atomic E-state index is 12.3. The Kier molecular flexibility index (Phi) is 5.77. The number of likely N-dealkylation sites (tertiary alicyclic amines) is 1. The highest BCUT2D eigenvalue weighted by atomic mass is 16.5. The molecule has 0 spiro atoms. The normalized spacial score (nSPS) is 24.0. The van der Waals surface area contributed by atoms with Gasteiger partial charge in [-0.1, -0.05) is 25.5 Å². The van der Waals surface area contributed by atoms with Gasteiger partial charge in [-0.25, -0.2) is 0 Å². The predicted molar refractivity (Wildman–Crippen MR) is 95.9 cm³/mol. The highest BCUT2D eigenvalue weighted by Gasteiger charge is 2.37. The molecule has 0 radical (unpaired) electrons. The Morgan fingerprint density at radius 1 is 1.21 bits per heavy atom. The third-order valence-corrected chi connectivity index (χ3v) is 5.30. The smallest absolute Gasteiger partial charge is 0.225 e. The summed E-state index contributed by atoms with van der Waals surface area (Å²) in [6, 6.07) is 8.84. The monoisotopic (exact) mass is 330 g/mol. The highest BCUT2D eigenvalue weighted by Crippen LogP contribution is 2.33. The van der Waals surface area contributed by atoms with Crippen LogP contribution < -0.4 is 10.1 Å². The van der Waals surface area contributed by atoms with Crippen LogP contribution in [0.5, 0.6) is 5.75 Å². The number of ether oxygens (including phenoxy) is 1. The molecule has 1 aliphatic heterocycles. The number of hydrogen-bond donors (Lipinski definition) is 1. The van der Waals surface area contributed by atoms with E-state index in [0.717, 1.165) is 51.1 Å². The molecule has 0 aromatic heterocycles.